The van der Waals surface area contributed by atoms with E-state index in [9.17, 15) is 4.79 Å². The highest BCUT2D eigenvalue weighted by atomic mass is 16.1. The second-order valence-corrected chi connectivity index (χ2v) is 4.49. The van der Waals surface area contributed by atoms with Crippen LogP contribution in [0, 0.1) is 0 Å². The molecule has 0 saturated heterocycles. The van der Waals surface area contributed by atoms with Gasteiger partial charge in [-0.2, -0.15) is 5.10 Å². The Morgan fingerprint density at radius 1 is 1.15 bits per heavy atom. The van der Waals surface area contributed by atoms with Gasteiger partial charge in [-0.15, -0.1) is 5.10 Å². The van der Waals surface area contributed by atoms with E-state index in [1.54, 1.807) is 22.9 Å². The number of aromatic nitrogens is 5. The summed E-state index contributed by atoms with van der Waals surface area (Å²) in [7, 11) is 0. The number of aryl methyl sites for hydroxylation is 2. The van der Waals surface area contributed by atoms with Gasteiger partial charge < -0.3 is 5.73 Å². The Morgan fingerprint density at radius 3 is 2.80 bits per heavy atom. The number of hydrogen-bond donors (Lipinski definition) is 1. The Kier molecular flexibility index (Phi) is 3.16. The van der Waals surface area contributed by atoms with Crippen molar-refractivity contribution in [2.45, 2.75) is 19.5 Å². The van der Waals surface area contributed by atoms with E-state index < -0.39 is 0 Å². The minimum absolute atomic E-state index is 0.115. The van der Waals surface area contributed by atoms with Gasteiger partial charge in [0.2, 0.25) is 0 Å². The molecule has 0 saturated carbocycles. The Bertz CT molecular complexity index is 791. The summed E-state index contributed by atoms with van der Waals surface area (Å²) < 4.78 is 3.13. The van der Waals surface area contributed by atoms with Gasteiger partial charge in [0.25, 0.3) is 5.56 Å². The molecule has 0 atom stereocenters. The van der Waals surface area contributed by atoms with Crippen LogP contribution in [0.25, 0.3) is 10.9 Å². The summed E-state index contributed by atoms with van der Waals surface area (Å²) in [6.07, 6.45) is 2.54. The lowest BCUT2D eigenvalue weighted by molar-refractivity contribution is 0.474. The molecule has 0 amide bonds. The van der Waals surface area contributed by atoms with E-state index in [-0.39, 0.29) is 5.56 Å². The van der Waals surface area contributed by atoms with Gasteiger partial charge in [0, 0.05) is 19.3 Å². The molecule has 2 N–H and O–H groups in total. The van der Waals surface area contributed by atoms with Crippen LogP contribution in [0.4, 0.5) is 5.82 Å². The van der Waals surface area contributed by atoms with Crippen molar-refractivity contribution in [1.82, 2.24) is 24.8 Å². The van der Waals surface area contributed by atoms with Crippen LogP contribution in [0.1, 0.15) is 6.42 Å². The van der Waals surface area contributed by atoms with Crippen molar-refractivity contribution in [1.29, 1.82) is 0 Å². The summed E-state index contributed by atoms with van der Waals surface area (Å²) in [4.78, 5) is 12.2. The number of nitrogens with zero attached hydrogens (tertiary/aromatic N) is 5. The van der Waals surface area contributed by atoms with E-state index in [2.05, 4.69) is 15.4 Å². The van der Waals surface area contributed by atoms with Crippen molar-refractivity contribution in [3.8, 4) is 0 Å². The van der Waals surface area contributed by atoms with Crippen molar-refractivity contribution in [2.75, 3.05) is 5.73 Å². The first kappa shape index (κ1) is 12.3. The predicted molar refractivity (Wildman–Crippen MR) is 75.1 cm³/mol. The zero-order chi connectivity index (χ0) is 13.9. The van der Waals surface area contributed by atoms with Crippen LogP contribution in [0.15, 0.2) is 41.3 Å². The Balaban J connectivity index is 1.74. The first-order chi connectivity index (χ1) is 9.74. The summed E-state index contributed by atoms with van der Waals surface area (Å²) in [6.45, 7) is 1.18. The average molecular weight is 270 g/mol. The summed E-state index contributed by atoms with van der Waals surface area (Å²) in [5, 5.41) is 12.7. The van der Waals surface area contributed by atoms with E-state index in [1.807, 2.05) is 18.3 Å². The molecule has 1 aromatic carbocycles. The largest absolute Gasteiger partial charge is 0.382 e. The van der Waals surface area contributed by atoms with E-state index in [1.165, 1.54) is 4.68 Å². The second kappa shape index (κ2) is 5.12. The van der Waals surface area contributed by atoms with Crippen LogP contribution in [0.2, 0.25) is 0 Å². The average Bonchev–Trinajstić information content (AvgIpc) is 2.87. The third-order valence-electron chi connectivity index (χ3n) is 3.05. The lowest BCUT2D eigenvalue weighted by atomic mass is 10.2. The third kappa shape index (κ3) is 2.37. The zero-order valence-electron chi connectivity index (χ0n) is 10.8. The normalized spacial score (nSPS) is 11.0. The van der Waals surface area contributed by atoms with E-state index in [0.717, 1.165) is 6.42 Å². The molecule has 0 aliphatic heterocycles. The monoisotopic (exact) mass is 270 g/mol. The first-order valence-corrected chi connectivity index (χ1v) is 6.35. The maximum atomic E-state index is 12.2. The maximum absolute atomic E-state index is 12.2. The van der Waals surface area contributed by atoms with Crippen LogP contribution >= 0.6 is 0 Å². The highest BCUT2D eigenvalue weighted by molar-refractivity contribution is 5.76. The van der Waals surface area contributed by atoms with Gasteiger partial charge in [-0.05, 0) is 24.6 Å². The fourth-order valence-corrected chi connectivity index (χ4v) is 2.05. The third-order valence-corrected chi connectivity index (χ3v) is 3.05. The molecule has 2 heterocycles. The smallest absolute Gasteiger partial charge is 0.277 e. The van der Waals surface area contributed by atoms with Gasteiger partial charge in [-0.1, -0.05) is 17.3 Å². The van der Waals surface area contributed by atoms with E-state index in [4.69, 9.17) is 5.73 Å². The molecular weight excluding hydrogens is 256 g/mol. The number of nitrogens with two attached hydrogens (primary N) is 1. The highest BCUT2D eigenvalue weighted by Crippen LogP contribution is 2.04. The first-order valence-electron chi connectivity index (χ1n) is 6.35. The van der Waals surface area contributed by atoms with Crippen molar-refractivity contribution in [2.24, 2.45) is 0 Å². The molecule has 0 bridgehead atoms. The molecule has 0 spiro atoms. The minimum Gasteiger partial charge on any atom is -0.382 e. The Hall–Kier alpha value is -2.70. The van der Waals surface area contributed by atoms with Gasteiger partial charge in [-0.3, -0.25) is 9.48 Å². The van der Waals surface area contributed by atoms with Crippen LogP contribution in [-0.4, -0.2) is 24.8 Å². The molecule has 20 heavy (non-hydrogen) atoms. The van der Waals surface area contributed by atoms with Crippen LogP contribution < -0.4 is 11.3 Å². The summed E-state index contributed by atoms with van der Waals surface area (Å²) in [5.41, 5.74) is 6.04. The number of fused-ring (bicyclic) bond motifs is 1. The minimum atomic E-state index is -0.115. The molecule has 0 fully saturated rings. The van der Waals surface area contributed by atoms with Gasteiger partial charge >= 0.3 is 0 Å². The molecule has 0 aliphatic carbocycles. The molecule has 2 aromatic heterocycles. The second-order valence-electron chi connectivity index (χ2n) is 4.49. The van der Waals surface area contributed by atoms with Gasteiger partial charge in [-0.25, -0.2) is 4.68 Å². The molecule has 0 radical (unpaired) electrons. The fraction of sp³-hybridized carbons (Fsp3) is 0.231. The molecule has 0 unspecified atom stereocenters. The molecule has 0 aliphatic rings. The number of nitrogen functional groups attached to an aromatic ring is 1. The molecular formula is C13H14N6O. The standard InChI is InChI=1S/C13H14N6O/c14-12-6-9-18(16-12)7-3-8-19-13(20)10-4-1-2-5-11(10)15-17-19/h1-2,4-6,9H,3,7-8H2,(H2,14,16). The predicted octanol–water partition coefficient (Wildman–Crippen LogP) is 0.660. The van der Waals surface area contributed by atoms with Crippen molar-refractivity contribution < 1.29 is 0 Å². The molecule has 102 valence electrons. The molecule has 3 aromatic rings. The van der Waals surface area contributed by atoms with Crippen molar-refractivity contribution >= 4 is 16.7 Å². The summed E-state index contributed by atoms with van der Waals surface area (Å²) >= 11 is 0. The SMILES string of the molecule is Nc1ccn(CCCn2nnc3ccccc3c2=O)n1. The van der Waals surface area contributed by atoms with E-state index >= 15 is 0 Å². The lowest BCUT2D eigenvalue weighted by Crippen LogP contribution is -2.24. The van der Waals surface area contributed by atoms with Crippen molar-refractivity contribution in [3.05, 3.63) is 46.9 Å². The quantitative estimate of drug-likeness (QED) is 0.752. The van der Waals surface area contributed by atoms with Crippen molar-refractivity contribution in [3.63, 3.8) is 0 Å². The van der Waals surface area contributed by atoms with Crippen LogP contribution in [0.3, 0.4) is 0 Å². The lowest BCUT2D eigenvalue weighted by Gasteiger charge is -2.05. The summed E-state index contributed by atoms with van der Waals surface area (Å²) in [5.74, 6) is 0.493. The molecule has 3 rings (SSSR count). The Morgan fingerprint density at radius 2 is 2.00 bits per heavy atom. The van der Waals surface area contributed by atoms with Gasteiger partial charge in [0.05, 0.1) is 5.39 Å². The fourth-order valence-electron chi connectivity index (χ4n) is 2.05. The van der Waals surface area contributed by atoms with E-state index in [0.29, 0.717) is 29.8 Å². The van der Waals surface area contributed by atoms with Crippen LogP contribution in [-0.2, 0) is 13.1 Å². The highest BCUT2D eigenvalue weighted by Gasteiger charge is 2.04. The number of hydrogen-bond acceptors (Lipinski definition) is 5. The van der Waals surface area contributed by atoms with Gasteiger partial charge in [0.1, 0.15) is 11.3 Å². The molecule has 7 nitrogen and oxygen atoms in total. The zero-order valence-corrected chi connectivity index (χ0v) is 10.8. The molecule has 7 heteroatoms. The van der Waals surface area contributed by atoms with Gasteiger partial charge in [0.15, 0.2) is 0 Å². The topological polar surface area (TPSA) is 91.6 Å². The maximum Gasteiger partial charge on any atom is 0.277 e. The Labute approximate surface area is 114 Å². The number of anilines is 1. The number of rotatable bonds is 4. The summed E-state index contributed by atoms with van der Waals surface area (Å²) in [6, 6.07) is 8.94. The number of benzene rings is 1. The van der Waals surface area contributed by atoms with Crippen LogP contribution in [0.5, 0.6) is 0 Å².